The van der Waals surface area contributed by atoms with Crippen LogP contribution in [0.3, 0.4) is 0 Å². The van der Waals surface area contributed by atoms with Gasteiger partial charge in [0.25, 0.3) is 0 Å². The van der Waals surface area contributed by atoms with Crippen LogP contribution < -0.4 is 10.6 Å². The SMILES string of the molecule is CN1CCc2c(c(-c3cc(F)c(F)cc3F)nn2C(=O)N[C@H](C(=O)NCCO)C(C)(C)C)C1. The summed E-state index contributed by atoms with van der Waals surface area (Å²) >= 11 is 0. The van der Waals surface area contributed by atoms with Gasteiger partial charge in [0, 0.05) is 43.2 Å². The first-order valence-electron chi connectivity index (χ1n) is 10.6. The van der Waals surface area contributed by atoms with Crippen molar-refractivity contribution in [1.29, 1.82) is 0 Å². The molecule has 11 heteroatoms. The number of benzene rings is 1. The Morgan fingerprint density at radius 2 is 1.85 bits per heavy atom. The van der Waals surface area contributed by atoms with E-state index in [0.717, 1.165) is 10.7 Å². The second-order valence-electron chi connectivity index (χ2n) is 9.18. The van der Waals surface area contributed by atoms with Gasteiger partial charge >= 0.3 is 6.03 Å². The number of rotatable bonds is 5. The number of hydrogen-bond donors (Lipinski definition) is 3. The maximum absolute atomic E-state index is 14.5. The highest BCUT2D eigenvalue weighted by atomic mass is 19.2. The highest BCUT2D eigenvalue weighted by Crippen LogP contribution is 2.32. The lowest BCUT2D eigenvalue weighted by atomic mass is 9.86. The average Bonchev–Trinajstić information content (AvgIpc) is 3.10. The number of carbonyl (C=O) groups excluding carboxylic acids is 2. The zero-order valence-electron chi connectivity index (χ0n) is 19.0. The van der Waals surface area contributed by atoms with Crippen LogP contribution in [0.15, 0.2) is 12.1 Å². The van der Waals surface area contributed by atoms with E-state index in [1.54, 1.807) is 20.8 Å². The normalized spacial score (nSPS) is 15.2. The molecular formula is C22H28F3N5O3. The summed E-state index contributed by atoms with van der Waals surface area (Å²) in [5, 5.41) is 18.5. The molecule has 1 aromatic heterocycles. The van der Waals surface area contributed by atoms with Crippen molar-refractivity contribution < 1.29 is 27.9 Å². The number of hydrogen-bond acceptors (Lipinski definition) is 5. The second-order valence-corrected chi connectivity index (χ2v) is 9.18. The maximum Gasteiger partial charge on any atom is 0.343 e. The highest BCUT2D eigenvalue weighted by molar-refractivity contribution is 5.89. The third-order valence-corrected chi connectivity index (χ3v) is 5.51. The monoisotopic (exact) mass is 467 g/mol. The third-order valence-electron chi connectivity index (χ3n) is 5.51. The van der Waals surface area contributed by atoms with Gasteiger partial charge in [0.15, 0.2) is 11.6 Å². The standard InChI is InChI=1S/C22H28F3N5O3/c1-22(2,3)19(20(32)26-6-8-31)27-21(33)30-17-5-7-29(4)11-13(17)18(28-30)12-9-15(24)16(25)10-14(12)23/h9-10,19,31H,5-8,11H2,1-4H3,(H,26,32)(H,27,33)/t19-/m1/s1. The number of nitrogens with zero attached hydrogens (tertiary/aromatic N) is 3. The van der Waals surface area contributed by atoms with Crippen LogP contribution in [0, 0.1) is 22.9 Å². The van der Waals surface area contributed by atoms with Gasteiger partial charge in [-0.25, -0.2) is 18.0 Å². The van der Waals surface area contributed by atoms with Crippen LogP contribution in [0.4, 0.5) is 18.0 Å². The van der Waals surface area contributed by atoms with Crippen LogP contribution in [0.2, 0.25) is 0 Å². The quantitative estimate of drug-likeness (QED) is 0.585. The van der Waals surface area contributed by atoms with Crippen molar-refractivity contribution in [1.82, 2.24) is 25.3 Å². The summed E-state index contributed by atoms with van der Waals surface area (Å²) < 4.78 is 43.0. The number of fused-ring (bicyclic) bond motifs is 1. The lowest BCUT2D eigenvalue weighted by Gasteiger charge is -2.30. The lowest BCUT2D eigenvalue weighted by Crippen LogP contribution is -2.55. The van der Waals surface area contributed by atoms with Crippen LogP contribution in [0.5, 0.6) is 0 Å². The van der Waals surface area contributed by atoms with E-state index < -0.39 is 40.8 Å². The number of likely N-dealkylation sites (N-methyl/N-ethyl adjacent to an activating group) is 1. The molecule has 2 aromatic rings. The molecule has 0 unspecified atom stereocenters. The second kappa shape index (κ2) is 9.52. The summed E-state index contributed by atoms with van der Waals surface area (Å²) in [4.78, 5) is 27.7. The number of aromatic nitrogens is 2. The Hall–Kier alpha value is -2.92. The van der Waals surface area contributed by atoms with E-state index in [1.165, 1.54) is 0 Å². The predicted octanol–water partition coefficient (Wildman–Crippen LogP) is 2.04. The van der Waals surface area contributed by atoms with Gasteiger partial charge in [0.2, 0.25) is 5.91 Å². The first-order chi connectivity index (χ1) is 15.4. The van der Waals surface area contributed by atoms with Gasteiger partial charge in [0.1, 0.15) is 17.6 Å². The van der Waals surface area contributed by atoms with Crippen molar-refractivity contribution in [3.8, 4) is 11.3 Å². The number of carbonyl (C=O) groups is 2. The minimum Gasteiger partial charge on any atom is -0.395 e. The summed E-state index contributed by atoms with van der Waals surface area (Å²) in [6, 6.07) is -0.482. The number of halogens is 3. The van der Waals surface area contributed by atoms with Crippen LogP contribution in [-0.2, 0) is 17.8 Å². The predicted molar refractivity (Wildman–Crippen MR) is 115 cm³/mol. The summed E-state index contributed by atoms with van der Waals surface area (Å²) in [7, 11) is 1.84. The molecule has 1 aliphatic rings. The van der Waals surface area contributed by atoms with E-state index >= 15 is 0 Å². The van der Waals surface area contributed by atoms with E-state index in [2.05, 4.69) is 15.7 Å². The molecule has 1 aromatic carbocycles. The summed E-state index contributed by atoms with van der Waals surface area (Å²) in [6.07, 6.45) is 0.411. The molecule has 1 aliphatic heterocycles. The van der Waals surface area contributed by atoms with E-state index in [-0.39, 0.29) is 24.4 Å². The molecule has 0 saturated heterocycles. The molecule has 3 rings (SSSR count). The largest absolute Gasteiger partial charge is 0.395 e. The van der Waals surface area contributed by atoms with Crippen LogP contribution >= 0.6 is 0 Å². The Labute approximate surface area is 189 Å². The summed E-state index contributed by atoms with van der Waals surface area (Å²) in [5.41, 5.74) is 0.159. The number of aliphatic hydroxyl groups is 1. The molecule has 180 valence electrons. The van der Waals surface area contributed by atoms with Crippen LogP contribution in [0.1, 0.15) is 32.0 Å². The molecule has 0 aliphatic carbocycles. The topological polar surface area (TPSA) is 99.5 Å². The van der Waals surface area contributed by atoms with Crippen LogP contribution in [-0.4, -0.2) is 64.5 Å². The molecule has 0 bridgehead atoms. The molecule has 3 N–H and O–H groups in total. The number of nitrogens with one attached hydrogen (secondary N) is 2. The Morgan fingerprint density at radius 1 is 1.18 bits per heavy atom. The van der Waals surface area contributed by atoms with E-state index in [9.17, 15) is 22.8 Å². The smallest absolute Gasteiger partial charge is 0.343 e. The maximum atomic E-state index is 14.5. The Morgan fingerprint density at radius 3 is 2.48 bits per heavy atom. The highest BCUT2D eigenvalue weighted by Gasteiger charge is 2.35. The molecule has 0 spiro atoms. The molecule has 2 heterocycles. The van der Waals surface area contributed by atoms with Crippen molar-refractivity contribution in [2.45, 2.75) is 39.8 Å². The number of aliphatic hydroxyl groups excluding tert-OH is 1. The molecule has 2 amide bonds. The molecule has 0 fully saturated rings. The van der Waals surface area contributed by atoms with Gasteiger partial charge in [-0.05, 0) is 18.5 Å². The average molecular weight is 467 g/mol. The van der Waals surface area contributed by atoms with E-state index in [4.69, 9.17) is 5.11 Å². The lowest BCUT2D eigenvalue weighted by molar-refractivity contribution is -0.125. The fourth-order valence-corrected chi connectivity index (χ4v) is 3.78. The zero-order valence-corrected chi connectivity index (χ0v) is 19.0. The van der Waals surface area contributed by atoms with E-state index in [1.807, 2.05) is 11.9 Å². The van der Waals surface area contributed by atoms with Gasteiger partial charge in [-0.2, -0.15) is 9.78 Å². The molecular weight excluding hydrogens is 439 g/mol. The van der Waals surface area contributed by atoms with Gasteiger partial charge in [-0.15, -0.1) is 0 Å². The Bertz CT molecular complexity index is 1060. The fourth-order valence-electron chi connectivity index (χ4n) is 3.78. The first-order valence-corrected chi connectivity index (χ1v) is 10.6. The van der Waals surface area contributed by atoms with Gasteiger partial charge in [-0.3, -0.25) is 4.79 Å². The van der Waals surface area contributed by atoms with Crippen molar-refractivity contribution in [2.75, 3.05) is 26.7 Å². The van der Waals surface area contributed by atoms with Crippen molar-refractivity contribution in [2.24, 2.45) is 5.41 Å². The van der Waals surface area contributed by atoms with Crippen molar-refractivity contribution >= 4 is 11.9 Å². The van der Waals surface area contributed by atoms with Crippen molar-refractivity contribution in [3.63, 3.8) is 0 Å². The molecule has 33 heavy (non-hydrogen) atoms. The Balaban J connectivity index is 2.03. The van der Waals surface area contributed by atoms with Gasteiger partial charge in [-0.1, -0.05) is 20.8 Å². The summed E-state index contributed by atoms with van der Waals surface area (Å²) in [6.45, 7) is 6.02. The van der Waals surface area contributed by atoms with Crippen molar-refractivity contribution in [3.05, 3.63) is 40.8 Å². The molecule has 0 saturated carbocycles. The Kier molecular flexibility index (Phi) is 7.13. The van der Waals surface area contributed by atoms with Gasteiger partial charge < -0.3 is 20.6 Å². The number of amides is 2. The van der Waals surface area contributed by atoms with Gasteiger partial charge in [0.05, 0.1) is 12.3 Å². The first kappa shape index (κ1) is 24.7. The van der Waals surface area contributed by atoms with E-state index in [0.29, 0.717) is 36.8 Å². The minimum atomic E-state index is -1.32. The summed E-state index contributed by atoms with van der Waals surface area (Å²) in [5.74, 6) is -4.01. The molecule has 1 atom stereocenters. The zero-order chi connectivity index (χ0) is 24.5. The third kappa shape index (κ3) is 5.19. The molecule has 8 nitrogen and oxygen atoms in total. The van der Waals surface area contributed by atoms with Crippen LogP contribution in [0.25, 0.3) is 11.3 Å². The fraction of sp³-hybridized carbons (Fsp3) is 0.500. The minimum absolute atomic E-state index is 0.0321. The molecule has 0 radical (unpaired) electrons.